The second-order valence-corrected chi connectivity index (χ2v) is 8.77. The van der Waals surface area contributed by atoms with Crippen molar-refractivity contribution >= 4 is 22.7 Å². The second-order valence-electron chi connectivity index (χ2n) is 8.77. The van der Waals surface area contributed by atoms with Gasteiger partial charge in [-0.15, -0.1) is 0 Å². The van der Waals surface area contributed by atoms with Crippen molar-refractivity contribution < 1.29 is 14.3 Å². The number of pyridine rings is 1. The van der Waals surface area contributed by atoms with E-state index in [9.17, 15) is 9.59 Å². The normalized spacial score (nSPS) is 14.2. The molecule has 1 aliphatic rings. The summed E-state index contributed by atoms with van der Waals surface area (Å²) in [6, 6.07) is 14.4. The van der Waals surface area contributed by atoms with Crippen LogP contribution < -0.4 is 10.5 Å². The molecule has 2 aromatic carbocycles. The van der Waals surface area contributed by atoms with E-state index in [1.165, 1.54) is 28.7 Å². The number of rotatable bonds is 5. The molecule has 1 atom stereocenters. The summed E-state index contributed by atoms with van der Waals surface area (Å²) in [6.07, 6.45) is 5.17. The van der Waals surface area contributed by atoms with Gasteiger partial charge in [-0.2, -0.15) is 0 Å². The minimum Gasteiger partial charge on any atom is -0.481 e. The van der Waals surface area contributed by atoms with Gasteiger partial charge in [0.25, 0.3) is 5.91 Å². The van der Waals surface area contributed by atoms with Gasteiger partial charge in [0.2, 0.25) is 5.91 Å². The predicted molar refractivity (Wildman–Crippen MR) is 137 cm³/mol. The molecule has 1 fully saturated rings. The van der Waals surface area contributed by atoms with E-state index >= 15 is 0 Å². The first-order valence-electron chi connectivity index (χ1n) is 12.0. The molecule has 6 heteroatoms. The summed E-state index contributed by atoms with van der Waals surface area (Å²) in [5, 5.41) is 1.09. The molecular formula is C28H35N3O3. The molecule has 0 spiro atoms. The molecule has 0 saturated carbocycles. The van der Waals surface area contributed by atoms with E-state index in [2.05, 4.69) is 54.9 Å². The molecule has 1 unspecified atom stereocenters. The highest BCUT2D eigenvalue weighted by molar-refractivity contribution is 5.96. The summed E-state index contributed by atoms with van der Waals surface area (Å²) in [7, 11) is 0. The lowest BCUT2D eigenvalue weighted by atomic mass is 9.93. The first kappa shape index (κ1) is 25.2. The van der Waals surface area contributed by atoms with Crippen molar-refractivity contribution in [2.24, 2.45) is 5.73 Å². The summed E-state index contributed by atoms with van der Waals surface area (Å²) in [5.74, 6) is 0.508. The number of piperidine rings is 1. The standard InChI is InChI=1S/C25H28N2O2.C3H7NO/c1-17-8-7-9-18(2)24(17)22-12-13-26-23-16-20(10-11-21(22)23)29-19(3)25(28)27-14-5-4-6-15-27;1-2-3(4)5/h7-13,16,19H,4-6,14-15H2,1-3H3;2H2,1H3,(H2,4,5). The van der Waals surface area contributed by atoms with Crippen molar-refractivity contribution in [3.8, 4) is 16.9 Å². The number of fused-ring (bicyclic) bond motifs is 1. The Labute approximate surface area is 202 Å². The summed E-state index contributed by atoms with van der Waals surface area (Å²) in [6.45, 7) is 9.51. The Kier molecular flexibility index (Phi) is 8.63. The number of hydrogen-bond acceptors (Lipinski definition) is 4. The number of carbonyl (C=O) groups is 2. The first-order chi connectivity index (χ1) is 16.3. The summed E-state index contributed by atoms with van der Waals surface area (Å²) < 4.78 is 6.00. The van der Waals surface area contributed by atoms with Crippen LogP contribution in [-0.2, 0) is 9.59 Å². The third kappa shape index (κ3) is 6.13. The van der Waals surface area contributed by atoms with Gasteiger partial charge in [0.05, 0.1) is 5.52 Å². The van der Waals surface area contributed by atoms with Crippen molar-refractivity contribution in [1.29, 1.82) is 0 Å². The average molecular weight is 462 g/mol. The van der Waals surface area contributed by atoms with Crippen molar-refractivity contribution in [2.45, 2.75) is 59.5 Å². The first-order valence-corrected chi connectivity index (χ1v) is 12.0. The highest BCUT2D eigenvalue weighted by Gasteiger charge is 2.23. The summed E-state index contributed by atoms with van der Waals surface area (Å²) in [5.41, 5.74) is 10.5. The number of ether oxygens (including phenoxy) is 1. The molecule has 0 radical (unpaired) electrons. The predicted octanol–water partition coefficient (Wildman–Crippen LogP) is 5.18. The fourth-order valence-corrected chi connectivity index (χ4v) is 4.28. The molecule has 0 bridgehead atoms. The largest absolute Gasteiger partial charge is 0.481 e. The maximum Gasteiger partial charge on any atom is 0.263 e. The molecule has 4 rings (SSSR count). The quantitative estimate of drug-likeness (QED) is 0.567. The molecule has 6 nitrogen and oxygen atoms in total. The number of carbonyl (C=O) groups excluding carboxylic acids is 2. The van der Waals surface area contributed by atoms with Crippen LogP contribution in [0.2, 0.25) is 0 Å². The van der Waals surface area contributed by atoms with E-state index in [4.69, 9.17) is 4.74 Å². The molecule has 1 saturated heterocycles. The van der Waals surface area contributed by atoms with Crippen molar-refractivity contribution in [3.05, 3.63) is 59.8 Å². The van der Waals surface area contributed by atoms with Crippen LogP contribution in [0.5, 0.6) is 5.75 Å². The van der Waals surface area contributed by atoms with E-state index in [-0.39, 0.29) is 11.8 Å². The van der Waals surface area contributed by atoms with Crippen LogP contribution in [0.15, 0.2) is 48.7 Å². The fourth-order valence-electron chi connectivity index (χ4n) is 4.28. The van der Waals surface area contributed by atoms with Crippen LogP contribution in [0.3, 0.4) is 0 Å². The van der Waals surface area contributed by atoms with Crippen LogP contribution in [0, 0.1) is 13.8 Å². The zero-order valence-corrected chi connectivity index (χ0v) is 20.6. The van der Waals surface area contributed by atoms with E-state index in [1.54, 1.807) is 6.92 Å². The van der Waals surface area contributed by atoms with Crippen LogP contribution in [0.1, 0.15) is 50.7 Å². The van der Waals surface area contributed by atoms with Gasteiger partial charge in [-0.3, -0.25) is 14.6 Å². The van der Waals surface area contributed by atoms with Crippen molar-refractivity contribution in [3.63, 3.8) is 0 Å². The monoisotopic (exact) mass is 461 g/mol. The third-order valence-corrected chi connectivity index (χ3v) is 6.14. The maximum absolute atomic E-state index is 12.7. The molecule has 2 N–H and O–H groups in total. The van der Waals surface area contributed by atoms with E-state index in [1.807, 2.05) is 30.2 Å². The van der Waals surface area contributed by atoms with Gasteiger partial charge in [0.1, 0.15) is 5.75 Å². The van der Waals surface area contributed by atoms with Crippen molar-refractivity contribution in [2.75, 3.05) is 13.1 Å². The number of primary amides is 1. The third-order valence-electron chi connectivity index (χ3n) is 6.14. The minimum atomic E-state index is -0.493. The number of amides is 2. The Hall–Kier alpha value is -3.41. The lowest BCUT2D eigenvalue weighted by Gasteiger charge is -2.29. The fraction of sp³-hybridized carbons (Fsp3) is 0.393. The zero-order chi connectivity index (χ0) is 24.7. The maximum atomic E-state index is 12.7. The Morgan fingerprint density at radius 2 is 1.71 bits per heavy atom. The van der Waals surface area contributed by atoms with E-state index in [0.717, 1.165) is 36.8 Å². The highest BCUT2D eigenvalue weighted by Crippen LogP contribution is 2.33. The lowest BCUT2D eigenvalue weighted by Crippen LogP contribution is -2.43. The van der Waals surface area contributed by atoms with Crippen LogP contribution in [0.4, 0.5) is 0 Å². The molecule has 3 aromatic rings. The van der Waals surface area contributed by atoms with Gasteiger partial charge in [-0.25, -0.2) is 0 Å². The number of likely N-dealkylation sites (tertiary alicyclic amines) is 1. The molecule has 34 heavy (non-hydrogen) atoms. The smallest absolute Gasteiger partial charge is 0.263 e. The van der Waals surface area contributed by atoms with Gasteiger partial charge < -0.3 is 15.4 Å². The topological polar surface area (TPSA) is 85.5 Å². The van der Waals surface area contributed by atoms with Crippen molar-refractivity contribution in [1.82, 2.24) is 9.88 Å². The van der Waals surface area contributed by atoms with Crippen LogP contribution in [0.25, 0.3) is 22.0 Å². The molecule has 1 aliphatic heterocycles. The molecule has 2 heterocycles. The lowest BCUT2D eigenvalue weighted by molar-refractivity contribution is -0.138. The molecule has 0 aliphatic carbocycles. The summed E-state index contributed by atoms with van der Waals surface area (Å²) in [4.78, 5) is 28.7. The number of aromatic nitrogens is 1. The second kappa shape index (κ2) is 11.6. The molecule has 2 amide bonds. The van der Waals surface area contributed by atoms with Gasteiger partial charge in [-0.05, 0) is 80.5 Å². The highest BCUT2D eigenvalue weighted by atomic mass is 16.5. The zero-order valence-electron chi connectivity index (χ0n) is 20.6. The number of benzene rings is 2. The van der Waals surface area contributed by atoms with Gasteiger partial charge in [-0.1, -0.05) is 25.1 Å². The van der Waals surface area contributed by atoms with E-state index < -0.39 is 6.10 Å². The van der Waals surface area contributed by atoms with E-state index in [0.29, 0.717) is 12.2 Å². The van der Waals surface area contributed by atoms with Crippen LogP contribution >= 0.6 is 0 Å². The Bertz CT molecular complexity index is 1130. The molecular weight excluding hydrogens is 426 g/mol. The SMILES string of the molecule is CCC(N)=O.Cc1cccc(C)c1-c1ccnc2cc(OC(C)C(=O)N3CCCCC3)ccc12. The Balaban J connectivity index is 0.000000588. The van der Waals surface area contributed by atoms with Crippen LogP contribution in [-0.4, -0.2) is 40.9 Å². The number of nitrogens with zero attached hydrogens (tertiary/aromatic N) is 2. The number of aryl methyl sites for hydroxylation is 2. The number of nitrogens with two attached hydrogens (primary N) is 1. The average Bonchev–Trinajstić information content (AvgIpc) is 2.84. The minimum absolute atomic E-state index is 0.0713. The Morgan fingerprint density at radius 1 is 1.06 bits per heavy atom. The Morgan fingerprint density at radius 3 is 2.32 bits per heavy atom. The van der Waals surface area contributed by atoms with Gasteiger partial charge in [0.15, 0.2) is 6.10 Å². The number of hydrogen-bond donors (Lipinski definition) is 1. The van der Waals surface area contributed by atoms with Gasteiger partial charge in [0, 0.05) is 37.2 Å². The van der Waals surface area contributed by atoms with Gasteiger partial charge >= 0.3 is 0 Å². The summed E-state index contributed by atoms with van der Waals surface area (Å²) >= 11 is 0. The molecule has 180 valence electrons. The molecule has 1 aromatic heterocycles.